The molecule has 152 valence electrons. The monoisotopic (exact) mass is 422 g/mol. The van der Waals surface area contributed by atoms with Crippen molar-refractivity contribution >= 4 is 28.5 Å². The molecule has 0 fully saturated rings. The summed E-state index contributed by atoms with van der Waals surface area (Å²) in [6.07, 6.45) is 1.55. The number of hydrogen-bond donors (Lipinski definition) is 1. The number of nitrogens with one attached hydrogen (secondary N) is 1. The second-order valence-corrected chi connectivity index (χ2v) is 7.29. The largest absolute Gasteiger partial charge is 0.356 e. The van der Waals surface area contributed by atoms with Gasteiger partial charge in [-0.1, -0.05) is 16.8 Å². The summed E-state index contributed by atoms with van der Waals surface area (Å²) < 4.78 is 7.14. The number of amides is 1. The molecular weight excluding hydrogens is 404 g/mol. The summed E-state index contributed by atoms with van der Waals surface area (Å²) >= 11 is 5.90. The van der Waals surface area contributed by atoms with Crippen molar-refractivity contribution in [3.63, 3.8) is 0 Å². The van der Waals surface area contributed by atoms with Crippen molar-refractivity contribution in [2.24, 2.45) is 0 Å². The van der Waals surface area contributed by atoms with E-state index in [4.69, 9.17) is 16.1 Å². The van der Waals surface area contributed by atoms with Crippen molar-refractivity contribution < 1.29 is 9.32 Å². The normalized spacial score (nSPS) is 11.0. The minimum Gasteiger partial charge on any atom is -0.356 e. The van der Waals surface area contributed by atoms with Gasteiger partial charge in [0.05, 0.1) is 11.9 Å². The van der Waals surface area contributed by atoms with Crippen LogP contribution in [-0.4, -0.2) is 20.6 Å². The zero-order valence-corrected chi connectivity index (χ0v) is 17.2. The van der Waals surface area contributed by atoms with E-state index in [9.17, 15) is 9.59 Å². The number of nitrogens with zero attached hydrogens (tertiary/aromatic N) is 3. The van der Waals surface area contributed by atoms with Crippen LogP contribution < -0.4 is 10.7 Å². The minimum absolute atomic E-state index is 0.0661. The molecule has 7 nitrogen and oxygen atoms in total. The number of aryl methyl sites for hydroxylation is 2. The van der Waals surface area contributed by atoms with Gasteiger partial charge in [0.1, 0.15) is 16.9 Å². The summed E-state index contributed by atoms with van der Waals surface area (Å²) in [5, 5.41) is 7.77. The van der Waals surface area contributed by atoms with Gasteiger partial charge in [-0.25, -0.2) is 4.98 Å². The van der Waals surface area contributed by atoms with E-state index in [1.807, 2.05) is 26.0 Å². The number of rotatable bonds is 5. The Morgan fingerprint density at radius 2 is 1.97 bits per heavy atom. The van der Waals surface area contributed by atoms with Crippen molar-refractivity contribution in [2.45, 2.75) is 26.9 Å². The highest BCUT2D eigenvalue weighted by Gasteiger charge is 2.16. The van der Waals surface area contributed by atoms with Gasteiger partial charge in [0, 0.05) is 35.1 Å². The highest BCUT2D eigenvalue weighted by Crippen LogP contribution is 2.22. The van der Waals surface area contributed by atoms with Gasteiger partial charge in [-0.15, -0.1) is 0 Å². The van der Waals surface area contributed by atoms with E-state index >= 15 is 0 Å². The van der Waals surface area contributed by atoms with Gasteiger partial charge in [-0.05, 0) is 50.2 Å². The zero-order chi connectivity index (χ0) is 21.3. The Bertz CT molecular complexity index is 1290. The summed E-state index contributed by atoms with van der Waals surface area (Å²) in [4.78, 5) is 30.0. The van der Waals surface area contributed by atoms with Gasteiger partial charge < -0.3 is 14.4 Å². The number of carbonyl (C=O) groups is 1. The SMILES string of the molecule is CCn1cc(C(=O)NCc2cc(-c3ccc(Cl)cc3)on2)c(=O)c2ccc(C)nc21. The van der Waals surface area contributed by atoms with Crippen LogP contribution in [0.15, 0.2) is 58.0 Å². The van der Waals surface area contributed by atoms with Crippen molar-refractivity contribution in [3.05, 3.63) is 80.9 Å². The second-order valence-electron chi connectivity index (χ2n) is 6.85. The van der Waals surface area contributed by atoms with E-state index in [1.54, 1.807) is 41.1 Å². The van der Waals surface area contributed by atoms with Crippen LogP contribution in [0.3, 0.4) is 0 Å². The van der Waals surface area contributed by atoms with Crippen LogP contribution in [0.4, 0.5) is 0 Å². The molecule has 8 heteroatoms. The molecule has 0 bridgehead atoms. The van der Waals surface area contributed by atoms with Gasteiger partial charge in [0.2, 0.25) is 5.43 Å². The fraction of sp³-hybridized carbons (Fsp3) is 0.182. The Hall–Kier alpha value is -3.45. The molecule has 4 rings (SSSR count). The minimum atomic E-state index is -0.472. The molecule has 4 aromatic rings. The number of carbonyl (C=O) groups excluding carboxylic acids is 1. The topological polar surface area (TPSA) is 90.0 Å². The summed E-state index contributed by atoms with van der Waals surface area (Å²) in [6.45, 7) is 4.51. The lowest BCUT2D eigenvalue weighted by Gasteiger charge is -2.11. The van der Waals surface area contributed by atoms with Gasteiger partial charge in [-0.3, -0.25) is 9.59 Å². The third-order valence-electron chi connectivity index (χ3n) is 4.76. The number of pyridine rings is 2. The number of aromatic nitrogens is 3. The van der Waals surface area contributed by atoms with E-state index in [0.717, 1.165) is 11.3 Å². The van der Waals surface area contributed by atoms with Crippen molar-refractivity contribution in [1.82, 2.24) is 20.0 Å². The van der Waals surface area contributed by atoms with Crippen LogP contribution in [0, 0.1) is 6.92 Å². The second kappa shape index (κ2) is 8.12. The molecule has 1 N–H and O–H groups in total. The molecule has 0 radical (unpaired) electrons. The first-order chi connectivity index (χ1) is 14.5. The first-order valence-corrected chi connectivity index (χ1v) is 9.84. The standard InChI is InChI=1S/C22H19ClN4O3/c1-3-27-12-18(20(28)17-9-4-13(2)25-21(17)27)22(29)24-11-16-10-19(30-26-16)14-5-7-15(23)8-6-14/h4-10,12H,3,11H2,1-2H3,(H,24,29). The predicted octanol–water partition coefficient (Wildman–Crippen LogP) is 3.96. The average molecular weight is 423 g/mol. The molecule has 30 heavy (non-hydrogen) atoms. The molecule has 1 amide bonds. The molecule has 0 aliphatic heterocycles. The molecule has 0 spiro atoms. The lowest BCUT2D eigenvalue weighted by atomic mass is 10.1. The first-order valence-electron chi connectivity index (χ1n) is 9.47. The van der Waals surface area contributed by atoms with E-state index < -0.39 is 5.91 Å². The summed E-state index contributed by atoms with van der Waals surface area (Å²) in [5.41, 5.74) is 2.47. The maximum absolute atomic E-state index is 12.8. The van der Waals surface area contributed by atoms with E-state index in [-0.39, 0.29) is 17.5 Å². The Morgan fingerprint density at radius 1 is 1.20 bits per heavy atom. The van der Waals surface area contributed by atoms with Crippen LogP contribution in [0.2, 0.25) is 5.02 Å². The number of fused-ring (bicyclic) bond motifs is 1. The maximum Gasteiger partial charge on any atom is 0.257 e. The third-order valence-corrected chi connectivity index (χ3v) is 5.02. The fourth-order valence-electron chi connectivity index (χ4n) is 3.17. The van der Waals surface area contributed by atoms with Crippen molar-refractivity contribution in [3.8, 4) is 11.3 Å². The van der Waals surface area contributed by atoms with Crippen LogP contribution in [0.1, 0.15) is 28.7 Å². The highest BCUT2D eigenvalue weighted by atomic mass is 35.5. The van der Waals surface area contributed by atoms with Gasteiger partial charge in [0.15, 0.2) is 5.76 Å². The van der Waals surface area contributed by atoms with Gasteiger partial charge in [0.25, 0.3) is 5.91 Å². The quantitative estimate of drug-likeness (QED) is 0.525. The van der Waals surface area contributed by atoms with E-state index in [2.05, 4.69) is 15.5 Å². The van der Waals surface area contributed by atoms with Crippen LogP contribution >= 0.6 is 11.6 Å². The molecule has 0 saturated carbocycles. The molecular formula is C22H19ClN4O3. The smallest absolute Gasteiger partial charge is 0.257 e. The van der Waals surface area contributed by atoms with Gasteiger partial charge in [-0.2, -0.15) is 0 Å². The fourth-order valence-corrected chi connectivity index (χ4v) is 3.30. The van der Waals surface area contributed by atoms with Crippen molar-refractivity contribution in [1.29, 1.82) is 0 Å². The molecule has 0 aliphatic rings. The van der Waals surface area contributed by atoms with Crippen LogP contribution in [0.25, 0.3) is 22.4 Å². The summed E-state index contributed by atoms with van der Waals surface area (Å²) in [7, 11) is 0. The number of hydrogen-bond acceptors (Lipinski definition) is 5. The molecule has 3 heterocycles. The van der Waals surface area contributed by atoms with Gasteiger partial charge >= 0.3 is 0 Å². The lowest BCUT2D eigenvalue weighted by molar-refractivity contribution is 0.0948. The molecule has 3 aromatic heterocycles. The molecule has 0 atom stereocenters. The Kier molecular flexibility index (Phi) is 5.37. The van der Waals surface area contributed by atoms with Crippen LogP contribution in [0.5, 0.6) is 0 Å². The van der Waals surface area contributed by atoms with E-state index in [0.29, 0.717) is 34.1 Å². The third kappa shape index (κ3) is 3.84. The molecule has 0 aliphatic carbocycles. The predicted molar refractivity (Wildman–Crippen MR) is 115 cm³/mol. The number of benzene rings is 1. The maximum atomic E-state index is 12.8. The average Bonchev–Trinajstić information content (AvgIpc) is 3.22. The molecule has 1 aromatic carbocycles. The zero-order valence-electron chi connectivity index (χ0n) is 16.5. The molecule has 0 unspecified atom stereocenters. The number of halogens is 1. The van der Waals surface area contributed by atoms with Crippen molar-refractivity contribution in [2.75, 3.05) is 0 Å². The highest BCUT2D eigenvalue weighted by molar-refractivity contribution is 6.30. The Labute approximate surface area is 177 Å². The summed E-state index contributed by atoms with van der Waals surface area (Å²) in [6, 6.07) is 12.4. The lowest BCUT2D eigenvalue weighted by Crippen LogP contribution is -2.29. The molecule has 0 saturated heterocycles. The van der Waals surface area contributed by atoms with Crippen LogP contribution in [-0.2, 0) is 13.1 Å². The summed E-state index contributed by atoms with van der Waals surface area (Å²) in [5.74, 6) is 0.0946. The first kappa shape index (κ1) is 19.8. The van der Waals surface area contributed by atoms with E-state index in [1.165, 1.54) is 0 Å². The Morgan fingerprint density at radius 3 is 2.70 bits per heavy atom. The Balaban J connectivity index is 1.55.